The maximum atomic E-state index is 11.3. The third-order valence-corrected chi connectivity index (χ3v) is 4.75. The fourth-order valence-corrected chi connectivity index (χ4v) is 3.16. The molecule has 1 amide bonds. The van der Waals surface area contributed by atoms with Crippen LogP contribution in [-0.4, -0.2) is 38.9 Å². The molecule has 1 aliphatic heterocycles. The number of carbonyl (C=O) groups is 1. The smallest absolute Gasteiger partial charge is 0.407 e. The van der Waals surface area contributed by atoms with Gasteiger partial charge in [-0.25, -0.2) is 4.79 Å². The van der Waals surface area contributed by atoms with E-state index in [0.29, 0.717) is 34.5 Å². The quantitative estimate of drug-likeness (QED) is 0.895. The number of piperidine rings is 1. The molecule has 3 rings (SSSR count). The predicted molar refractivity (Wildman–Crippen MR) is 85.8 cm³/mol. The molecule has 1 saturated heterocycles. The van der Waals surface area contributed by atoms with Gasteiger partial charge in [-0.15, -0.1) is 10.2 Å². The Morgan fingerprint density at radius 2 is 2.17 bits per heavy atom. The van der Waals surface area contributed by atoms with E-state index in [1.54, 1.807) is 18.2 Å². The molecular formula is C15H15Cl2N3O3. The van der Waals surface area contributed by atoms with Crippen molar-refractivity contribution < 1.29 is 14.3 Å². The zero-order chi connectivity index (χ0) is 16.4. The third kappa shape index (κ3) is 3.43. The first-order valence-electron chi connectivity index (χ1n) is 7.32. The SMILES string of the molecule is O=C(O)N1CCCC[C@H]1Cc1nnc(-c2cccc(Cl)c2Cl)o1. The van der Waals surface area contributed by atoms with Crippen molar-refractivity contribution in [1.82, 2.24) is 15.1 Å². The normalized spacial score (nSPS) is 18.2. The van der Waals surface area contributed by atoms with Crippen LogP contribution in [0.3, 0.4) is 0 Å². The summed E-state index contributed by atoms with van der Waals surface area (Å²) in [5, 5.41) is 18.0. The van der Waals surface area contributed by atoms with E-state index < -0.39 is 6.09 Å². The Morgan fingerprint density at radius 1 is 1.35 bits per heavy atom. The monoisotopic (exact) mass is 355 g/mol. The highest BCUT2D eigenvalue weighted by atomic mass is 35.5. The number of hydrogen-bond donors (Lipinski definition) is 1. The van der Waals surface area contributed by atoms with Crippen molar-refractivity contribution in [3.8, 4) is 11.5 Å². The van der Waals surface area contributed by atoms with E-state index >= 15 is 0 Å². The number of rotatable bonds is 3. The zero-order valence-corrected chi connectivity index (χ0v) is 13.7. The van der Waals surface area contributed by atoms with E-state index in [4.69, 9.17) is 27.6 Å². The van der Waals surface area contributed by atoms with Crippen molar-refractivity contribution in [1.29, 1.82) is 0 Å². The first kappa shape index (κ1) is 16.1. The van der Waals surface area contributed by atoms with Gasteiger partial charge in [-0.2, -0.15) is 0 Å². The molecule has 0 unspecified atom stereocenters. The second kappa shape index (κ2) is 6.76. The van der Waals surface area contributed by atoms with Crippen LogP contribution in [0.5, 0.6) is 0 Å². The van der Waals surface area contributed by atoms with Gasteiger partial charge in [0, 0.05) is 19.0 Å². The number of benzene rings is 1. The zero-order valence-electron chi connectivity index (χ0n) is 12.2. The molecule has 2 heterocycles. The highest BCUT2D eigenvalue weighted by Crippen LogP contribution is 2.33. The summed E-state index contributed by atoms with van der Waals surface area (Å²) >= 11 is 12.1. The Balaban J connectivity index is 1.79. The van der Waals surface area contributed by atoms with Gasteiger partial charge in [-0.3, -0.25) is 0 Å². The standard InChI is InChI=1S/C15H15Cl2N3O3/c16-11-6-3-5-10(13(11)17)14-19-18-12(23-14)8-9-4-1-2-7-20(9)15(21)22/h3,5-6,9H,1-2,4,7-8H2,(H,21,22)/t9-/m0/s1. The van der Waals surface area contributed by atoms with E-state index in [1.165, 1.54) is 4.90 Å². The van der Waals surface area contributed by atoms with Gasteiger partial charge in [0.05, 0.1) is 15.6 Å². The lowest BCUT2D eigenvalue weighted by Gasteiger charge is -2.32. The summed E-state index contributed by atoms with van der Waals surface area (Å²) in [6.07, 6.45) is 2.16. The number of halogens is 2. The van der Waals surface area contributed by atoms with Gasteiger partial charge < -0.3 is 14.4 Å². The number of nitrogens with zero attached hydrogens (tertiary/aromatic N) is 3. The number of aromatic nitrogens is 2. The van der Waals surface area contributed by atoms with Gasteiger partial charge in [-0.1, -0.05) is 29.3 Å². The minimum Gasteiger partial charge on any atom is -0.465 e. The molecule has 23 heavy (non-hydrogen) atoms. The molecular weight excluding hydrogens is 341 g/mol. The van der Waals surface area contributed by atoms with Crippen LogP contribution in [0, 0.1) is 0 Å². The van der Waals surface area contributed by atoms with Crippen molar-refractivity contribution in [3.63, 3.8) is 0 Å². The lowest BCUT2D eigenvalue weighted by Crippen LogP contribution is -2.44. The summed E-state index contributed by atoms with van der Waals surface area (Å²) in [6.45, 7) is 0.543. The van der Waals surface area contributed by atoms with Gasteiger partial charge in [0.2, 0.25) is 11.8 Å². The van der Waals surface area contributed by atoms with Crippen molar-refractivity contribution in [2.24, 2.45) is 0 Å². The number of carboxylic acid groups (broad SMARTS) is 1. The molecule has 1 atom stereocenters. The molecule has 122 valence electrons. The van der Waals surface area contributed by atoms with E-state index in [9.17, 15) is 9.90 Å². The predicted octanol–water partition coefficient (Wildman–Crippen LogP) is 4.12. The summed E-state index contributed by atoms with van der Waals surface area (Å²) in [5.74, 6) is 0.680. The van der Waals surface area contributed by atoms with E-state index in [2.05, 4.69) is 10.2 Å². The van der Waals surface area contributed by atoms with Crippen molar-refractivity contribution >= 4 is 29.3 Å². The molecule has 1 aromatic carbocycles. The number of likely N-dealkylation sites (tertiary alicyclic amines) is 1. The average Bonchev–Trinajstić information content (AvgIpc) is 2.98. The van der Waals surface area contributed by atoms with Crippen LogP contribution in [0.15, 0.2) is 22.6 Å². The molecule has 6 nitrogen and oxygen atoms in total. The van der Waals surface area contributed by atoms with Crippen molar-refractivity contribution in [2.75, 3.05) is 6.54 Å². The maximum absolute atomic E-state index is 11.3. The molecule has 1 aliphatic rings. The topological polar surface area (TPSA) is 79.5 Å². The summed E-state index contributed by atoms with van der Waals surface area (Å²) < 4.78 is 5.65. The van der Waals surface area contributed by atoms with Crippen LogP contribution >= 0.6 is 23.2 Å². The summed E-state index contributed by atoms with van der Waals surface area (Å²) in [6, 6.07) is 5.04. The Morgan fingerprint density at radius 3 is 2.96 bits per heavy atom. The van der Waals surface area contributed by atoms with Crippen molar-refractivity contribution in [3.05, 3.63) is 34.1 Å². The number of amides is 1. The summed E-state index contributed by atoms with van der Waals surface area (Å²) in [7, 11) is 0. The Hall–Kier alpha value is -1.79. The Labute approximate surface area is 143 Å². The molecule has 0 saturated carbocycles. The Kier molecular flexibility index (Phi) is 4.73. The molecule has 0 spiro atoms. The van der Waals surface area contributed by atoms with Gasteiger partial charge in [0.1, 0.15) is 0 Å². The molecule has 0 radical (unpaired) electrons. The lowest BCUT2D eigenvalue weighted by molar-refractivity contribution is 0.104. The fourth-order valence-electron chi connectivity index (χ4n) is 2.78. The number of hydrogen-bond acceptors (Lipinski definition) is 4. The van der Waals surface area contributed by atoms with Gasteiger partial charge in [0.25, 0.3) is 0 Å². The molecule has 0 bridgehead atoms. The molecule has 1 N–H and O–H groups in total. The molecule has 1 fully saturated rings. The molecule has 0 aliphatic carbocycles. The fraction of sp³-hybridized carbons (Fsp3) is 0.400. The summed E-state index contributed by atoms with van der Waals surface area (Å²) in [5.41, 5.74) is 0.566. The highest BCUT2D eigenvalue weighted by Gasteiger charge is 2.28. The Bertz CT molecular complexity index is 720. The van der Waals surface area contributed by atoms with E-state index in [0.717, 1.165) is 19.3 Å². The maximum Gasteiger partial charge on any atom is 0.407 e. The van der Waals surface area contributed by atoms with Crippen LogP contribution in [0.25, 0.3) is 11.5 Å². The van der Waals surface area contributed by atoms with Crippen LogP contribution in [0.1, 0.15) is 25.2 Å². The lowest BCUT2D eigenvalue weighted by atomic mass is 10.00. The second-order valence-electron chi connectivity index (χ2n) is 5.43. The summed E-state index contributed by atoms with van der Waals surface area (Å²) in [4.78, 5) is 12.7. The largest absolute Gasteiger partial charge is 0.465 e. The van der Waals surface area contributed by atoms with Crippen LogP contribution in [0.4, 0.5) is 4.79 Å². The van der Waals surface area contributed by atoms with Gasteiger partial charge in [0.15, 0.2) is 0 Å². The molecule has 8 heteroatoms. The van der Waals surface area contributed by atoms with Crippen molar-refractivity contribution in [2.45, 2.75) is 31.7 Å². The van der Waals surface area contributed by atoms with Gasteiger partial charge >= 0.3 is 6.09 Å². The van der Waals surface area contributed by atoms with Crippen LogP contribution < -0.4 is 0 Å². The highest BCUT2D eigenvalue weighted by molar-refractivity contribution is 6.43. The molecule has 2 aromatic rings. The minimum atomic E-state index is -0.910. The van der Waals surface area contributed by atoms with Crippen LogP contribution in [0.2, 0.25) is 10.0 Å². The second-order valence-corrected chi connectivity index (χ2v) is 6.22. The first-order valence-corrected chi connectivity index (χ1v) is 8.08. The first-order chi connectivity index (χ1) is 11.1. The minimum absolute atomic E-state index is 0.135. The van der Waals surface area contributed by atoms with Crippen LogP contribution in [-0.2, 0) is 6.42 Å². The van der Waals surface area contributed by atoms with Gasteiger partial charge in [-0.05, 0) is 31.4 Å². The third-order valence-electron chi connectivity index (χ3n) is 3.93. The van der Waals surface area contributed by atoms with E-state index in [-0.39, 0.29) is 11.9 Å². The van der Waals surface area contributed by atoms with E-state index in [1.807, 2.05) is 0 Å². The average molecular weight is 356 g/mol. The molecule has 1 aromatic heterocycles.